The maximum absolute atomic E-state index is 12.9. The number of ether oxygens (including phenoxy) is 1. The van der Waals surface area contributed by atoms with Crippen LogP contribution in [0.15, 0.2) is 58.3 Å². The number of amides is 1. The number of thiophene rings is 2. The van der Waals surface area contributed by atoms with Gasteiger partial charge in [-0.3, -0.25) is 15.0 Å². The van der Waals surface area contributed by atoms with Crippen LogP contribution in [0.4, 0.5) is 0 Å². The Kier molecular flexibility index (Phi) is 4.27. The van der Waals surface area contributed by atoms with E-state index in [-0.39, 0.29) is 5.56 Å². The van der Waals surface area contributed by atoms with Gasteiger partial charge in [-0.05, 0) is 35.7 Å². The summed E-state index contributed by atoms with van der Waals surface area (Å²) in [6, 6.07) is 10.5. The average Bonchev–Trinajstić information content (AvgIpc) is 3.33. The molecule has 1 amide bonds. The molecule has 4 rings (SSSR count). The molecule has 0 aliphatic rings. The van der Waals surface area contributed by atoms with Gasteiger partial charge in [0, 0.05) is 21.4 Å². The normalized spacial score (nSPS) is 10.8. The Morgan fingerprint density at radius 1 is 1.19 bits per heavy atom. The van der Waals surface area contributed by atoms with Crippen LogP contribution in [0, 0.1) is 0 Å². The number of fused-ring (bicyclic) bond motifs is 1. The first-order chi connectivity index (χ1) is 12.7. The number of hydrogen-bond donors (Lipinski definition) is 1. The lowest BCUT2D eigenvalue weighted by molar-refractivity contribution is 0.101. The summed E-state index contributed by atoms with van der Waals surface area (Å²) in [6.07, 6.45) is 1.33. The second kappa shape index (κ2) is 6.74. The van der Waals surface area contributed by atoms with Gasteiger partial charge in [0.1, 0.15) is 16.9 Å². The minimum atomic E-state index is -0.399. The molecule has 0 radical (unpaired) electrons. The van der Waals surface area contributed by atoms with Crippen molar-refractivity contribution in [2.45, 2.75) is 0 Å². The lowest BCUT2D eigenvalue weighted by Gasteiger charge is -2.08. The van der Waals surface area contributed by atoms with Gasteiger partial charge in [0.25, 0.3) is 11.5 Å². The summed E-state index contributed by atoms with van der Waals surface area (Å²) in [6.45, 7) is 0. The van der Waals surface area contributed by atoms with Crippen molar-refractivity contribution in [3.63, 3.8) is 0 Å². The summed E-state index contributed by atoms with van der Waals surface area (Å²) in [4.78, 5) is 31.2. The van der Waals surface area contributed by atoms with Crippen molar-refractivity contribution in [2.24, 2.45) is 0 Å². The van der Waals surface area contributed by atoms with E-state index in [0.717, 1.165) is 15.1 Å². The molecule has 26 heavy (non-hydrogen) atoms. The Hall–Kier alpha value is -2.97. The number of benzene rings is 1. The number of nitrogens with zero attached hydrogens (tertiary/aromatic N) is 2. The number of nitrogens with one attached hydrogen (secondary N) is 1. The first-order valence-electron chi connectivity index (χ1n) is 7.65. The monoisotopic (exact) mass is 383 g/mol. The number of hydrogen-bond acceptors (Lipinski definition) is 6. The number of methoxy groups -OCH3 is 1. The van der Waals surface area contributed by atoms with Crippen LogP contribution in [0.1, 0.15) is 10.4 Å². The van der Waals surface area contributed by atoms with Crippen molar-refractivity contribution in [3.8, 4) is 16.2 Å². The zero-order valence-electron chi connectivity index (χ0n) is 13.6. The molecule has 0 atom stereocenters. The molecule has 130 valence electrons. The molecule has 6 nitrogen and oxygen atoms in total. The van der Waals surface area contributed by atoms with Gasteiger partial charge in [-0.1, -0.05) is 6.07 Å². The highest BCUT2D eigenvalue weighted by atomic mass is 32.1. The van der Waals surface area contributed by atoms with Gasteiger partial charge in [-0.15, -0.1) is 22.7 Å². The molecule has 1 aromatic carbocycles. The van der Waals surface area contributed by atoms with Gasteiger partial charge < -0.3 is 4.74 Å². The first-order valence-corrected chi connectivity index (χ1v) is 9.41. The summed E-state index contributed by atoms with van der Waals surface area (Å²) in [5, 5.41) is 4.38. The molecule has 0 saturated carbocycles. The van der Waals surface area contributed by atoms with Crippen molar-refractivity contribution in [3.05, 3.63) is 69.4 Å². The summed E-state index contributed by atoms with van der Waals surface area (Å²) < 4.78 is 6.20. The van der Waals surface area contributed by atoms with E-state index in [9.17, 15) is 9.59 Å². The largest absolute Gasteiger partial charge is 0.497 e. The summed E-state index contributed by atoms with van der Waals surface area (Å²) in [5.41, 5.74) is 3.54. The van der Waals surface area contributed by atoms with E-state index in [0.29, 0.717) is 21.5 Å². The highest BCUT2D eigenvalue weighted by Crippen LogP contribution is 2.33. The van der Waals surface area contributed by atoms with Crippen LogP contribution in [-0.4, -0.2) is 22.7 Å². The summed E-state index contributed by atoms with van der Waals surface area (Å²) in [5.74, 6) is 0.254. The smallest absolute Gasteiger partial charge is 0.281 e. The van der Waals surface area contributed by atoms with Crippen molar-refractivity contribution < 1.29 is 9.53 Å². The SMILES string of the molecule is COc1ccc(C(=O)Nn2cnc3scc(-c4cccs4)c3c2=O)cc1. The van der Waals surface area contributed by atoms with Gasteiger partial charge in [0.15, 0.2) is 0 Å². The fourth-order valence-corrected chi connectivity index (χ4v) is 4.26. The van der Waals surface area contributed by atoms with Crippen LogP contribution in [0.2, 0.25) is 0 Å². The average molecular weight is 383 g/mol. The molecule has 3 heterocycles. The zero-order valence-corrected chi connectivity index (χ0v) is 15.3. The molecule has 3 aromatic heterocycles. The molecule has 0 aliphatic heterocycles. The van der Waals surface area contributed by atoms with Crippen LogP contribution < -0.4 is 15.7 Å². The molecule has 0 unspecified atom stereocenters. The zero-order chi connectivity index (χ0) is 18.1. The fraction of sp³-hybridized carbons (Fsp3) is 0.0556. The molecular formula is C18H13N3O3S2. The van der Waals surface area contributed by atoms with Gasteiger partial charge in [-0.25, -0.2) is 9.66 Å². The standard InChI is InChI=1S/C18H13N3O3S2/c1-24-12-6-4-11(5-7-12)16(22)20-21-10-19-17-15(18(21)23)13(9-26-17)14-3-2-8-25-14/h2-10H,1H3,(H,20,22). The maximum atomic E-state index is 12.9. The second-order valence-corrected chi connectivity index (χ2v) is 7.20. The summed E-state index contributed by atoms with van der Waals surface area (Å²) >= 11 is 2.97. The third kappa shape index (κ3) is 2.89. The molecule has 0 saturated heterocycles. The van der Waals surface area contributed by atoms with Crippen LogP contribution in [0.3, 0.4) is 0 Å². The molecule has 4 aromatic rings. The minimum absolute atomic E-state index is 0.304. The van der Waals surface area contributed by atoms with E-state index in [4.69, 9.17) is 4.74 Å². The molecular weight excluding hydrogens is 370 g/mol. The van der Waals surface area contributed by atoms with Gasteiger partial charge in [-0.2, -0.15) is 0 Å². The molecule has 0 bridgehead atoms. The third-order valence-electron chi connectivity index (χ3n) is 3.86. The summed E-state index contributed by atoms with van der Waals surface area (Å²) in [7, 11) is 1.56. The van der Waals surface area contributed by atoms with E-state index in [1.807, 2.05) is 22.9 Å². The predicted molar refractivity (Wildman–Crippen MR) is 104 cm³/mol. The van der Waals surface area contributed by atoms with Gasteiger partial charge >= 0.3 is 0 Å². The Bertz CT molecular complexity index is 1130. The van der Waals surface area contributed by atoms with Crippen LogP contribution in [-0.2, 0) is 0 Å². The number of rotatable bonds is 4. The minimum Gasteiger partial charge on any atom is -0.497 e. The third-order valence-corrected chi connectivity index (χ3v) is 5.65. The van der Waals surface area contributed by atoms with Crippen molar-refractivity contribution in [1.82, 2.24) is 9.66 Å². The van der Waals surface area contributed by atoms with E-state index in [1.54, 1.807) is 42.7 Å². The Morgan fingerprint density at radius 3 is 2.69 bits per heavy atom. The van der Waals surface area contributed by atoms with Crippen molar-refractivity contribution >= 4 is 38.8 Å². The quantitative estimate of drug-likeness (QED) is 0.585. The molecule has 0 spiro atoms. The molecule has 0 fully saturated rings. The molecule has 0 aliphatic carbocycles. The lowest BCUT2D eigenvalue weighted by Crippen LogP contribution is -2.33. The highest BCUT2D eigenvalue weighted by molar-refractivity contribution is 7.18. The van der Waals surface area contributed by atoms with Gasteiger partial charge in [0.05, 0.1) is 12.5 Å². The highest BCUT2D eigenvalue weighted by Gasteiger charge is 2.15. The number of carbonyl (C=O) groups is 1. The van der Waals surface area contributed by atoms with E-state index in [1.165, 1.54) is 17.7 Å². The number of carbonyl (C=O) groups excluding carboxylic acids is 1. The Morgan fingerprint density at radius 2 is 2.00 bits per heavy atom. The van der Waals surface area contributed by atoms with Crippen molar-refractivity contribution in [1.29, 1.82) is 0 Å². The maximum Gasteiger partial charge on any atom is 0.281 e. The van der Waals surface area contributed by atoms with E-state index >= 15 is 0 Å². The Balaban J connectivity index is 1.70. The molecule has 8 heteroatoms. The van der Waals surface area contributed by atoms with Gasteiger partial charge in [0.2, 0.25) is 0 Å². The van der Waals surface area contributed by atoms with Crippen molar-refractivity contribution in [2.75, 3.05) is 12.5 Å². The van der Waals surface area contributed by atoms with E-state index in [2.05, 4.69) is 10.4 Å². The van der Waals surface area contributed by atoms with Crippen LogP contribution in [0.5, 0.6) is 5.75 Å². The molecule has 1 N–H and O–H groups in total. The predicted octanol–water partition coefficient (Wildman–Crippen LogP) is 3.58. The fourth-order valence-electron chi connectivity index (χ4n) is 2.54. The topological polar surface area (TPSA) is 73.2 Å². The first kappa shape index (κ1) is 16.5. The van der Waals surface area contributed by atoms with Crippen LogP contribution >= 0.6 is 22.7 Å². The lowest BCUT2D eigenvalue weighted by atomic mass is 10.2. The van der Waals surface area contributed by atoms with Crippen LogP contribution in [0.25, 0.3) is 20.7 Å². The Labute approximate surface area is 156 Å². The van der Waals surface area contributed by atoms with E-state index < -0.39 is 5.91 Å². The number of aromatic nitrogens is 2. The second-order valence-electron chi connectivity index (χ2n) is 5.40.